The maximum absolute atomic E-state index is 8.66. The Morgan fingerprint density at radius 3 is 2.21 bits per heavy atom. The van der Waals surface area contributed by atoms with Gasteiger partial charge in [0.1, 0.15) is 0 Å². The van der Waals surface area contributed by atoms with Gasteiger partial charge in [-0.25, -0.2) is 0 Å². The van der Waals surface area contributed by atoms with Crippen molar-refractivity contribution in [3.8, 4) is 0 Å². The lowest BCUT2D eigenvalue weighted by Crippen LogP contribution is -2.42. The Morgan fingerprint density at radius 2 is 1.79 bits per heavy atom. The van der Waals surface area contributed by atoms with E-state index in [1.807, 2.05) is 13.8 Å². The minimum atomic E-state index is -0.366. The minimum absolute atomic E-state index is 0.00472. The van der Waals surface area contributed by atoms with Crippen molar-refractivity contribution in [1.29, 1.82) is 0 Å². The molecule has 0 saturated heterocycles. The molecule has 1 N–H and O–H groups in total. The van der Waals surface area contributed by atoms with Crippen LogP contribution in [0, 0.1) is 5.41 Å². The van der Waals surface area contributed by atoms with Gasteiger partial charge in [0, 0.05) is 13.7 Å². The number of rotatable bonds is 7. The van der Waals surface area contributed by atoms with Gasteiger partial charge in [0.25, 0.3) is 0 Å². The fraction of sp³-hybridized carbons (Fsp3) is 1.00. The number of hydrogen-bond donors (Lipinski definition) is 1. The molecular formula is C10H22BO3. The van der Waals surface area contributed by atoms with E-state index in [-0.39, 0.29) is 11.0 Å². The summed E-state index contributed by atoms with van der Waals surface area (Å²) in [6, 6.07) is 0. The zero-order chi connectivity index (χ0) is 11.2. The maximum atomic E-state index is 8.66. The van der Waals surface area contributed by atoms with Gasteiger partial charge in [-0.15, -0.1) is 0 Å². The lowest BCUT2D eigenvalue weighted by Gasteiger charge is -2.41. The highest BCUT2D eigenvalue weighted by molar-refractivity contribution is 6.16. The summed E-state index contributed by atoms with van der Waals surface area (Å²) in [5.74, 6) is 0. The van der Waals surface area contributed by atoms with E-state index >= 15 is 0 Å². The van der Waals surface area contributed by atoms with Crippen LogP contribution in [-0.2, 0) is 9.39 Å². The van der Waals surface area contributed by atoms with Crippen LogP contribution >= 0.6 is 0 Å². The molecular weight excluding hydrogens is 179 g/mol. The molecule has 0 heterocycles. The molecule has 0 atom stereocenters. The molecule has 0 saturated carbocycles. The Bertz CT molecular complexity index is 157. The molecule has 0 fully saturated rings. The predicted octanol–water partition coefficient (Wildman–Crippen LogP) is 1.76. The Hall–Kier alpha value is -0.0551. The van der Waals surface area contributed by atoms with Crippen molar-refractivity contribution in [2.75, 3.05) is 13.7 Å². The van der Waals surface area contributed by atoms with E-state index in [4.69, 9.17) is 14.4 Å². The molecule has 0 aromatic rings. The first kappa shape index (κ1) is 13.9. The molecule has 83 valence electrons. The van der Waals surface area contributed by atoms with Gasteiger partial charge in [-0.2, -0.15) is 0 Å². The molecule has 1 radical (unpaired) electrons. The summed E-state index contributed by atoms with van der Waals surface area (Å²) >= 11 is 0. The first-order chi connectivity index (χ1) is 6.37. The predicted molar refractivity (Wildman–Crippen MR) is 58.0 cm³/mol. The number of ether oxygens (including phenoxy) is 1. The van der Waals surface area contributed by atoms with E-state index in [1.165, 1.54) is 0 Å². The highest BCUT2D eigenvalue weighted by Crippen LogP contribution is 2.37. The zero-order valence-corrected chi connectivity index (χ0v) is 9.96. The second-order valence-corrected chi connectivity index (χ2v) is 4.71. The molecule has 0 aliphatic heterocycles. The Morgan fingerprint density at radius 1 is 1.21 bits per heavy atom. The highest BCUT2D eigenvalue weighted by atomic mass is 16.5. The molecule has 4 heteroatoms. The van der Waals surface area contributed by atoms with Gasteiger partial charge in [0.2, 0.25) is 0 Å². The first-order valence-corrected chi connectivity index (χ1v) is 5.00. The molecule has 0 rings (SSSR count). The van der Waals surface area contributed by atoms with Crippen LogP contribution in [0.2, 0.25) is 0 Å². The first-order valence-electron chi connectivity index (χ1n) is 5.00. The third-order valence-corrected chi connectivity index (χ3v) is 3.13. The molecule has 14 heavy (non-hydrogen) atoms. The van der Waals surface area contributed by atoms with E-state index in [1.54, 1.807) is 7.11 Å². The second-order valence-electron chi connectivity index (χ2n) is 4.71. The zero-order valence-electron chi connectivity index (χ0n) is 9.96. The van der Waals surface area contributed by atoms with Crippen LogP contribution in [0.5, 0.6) is 0 Å². The van der Waals surface area contributed by atoms with E-state index in [9.17, 15) is 0 Å². The van der Waals surface area contributed by atoms with Crippen LogP contribution in [0.15, 0.2) is 0 Å². The summed E-state index contributed by atoms with van der Waals surface area (Å²) in [7, 11) is 2.48. The molecule has 0 aromatic heterocycles. The van der Waals surface area contributed by atoms with Gasteiger partial charge < -0.3 is 14.4 Å². The van der Waals surface area contributed by atoms with Gasteiger partial charge in [-0.05, 0) is 32.1 Å². The highest BCUT2D eigenvalue weighted by Gasteiger charge is 2.37. The molecule has 0 aliphatic rings. The molecule has 3 nitrogen and oxygen atoms in total. The Labute approximate surface area is 88.1 Å². The third-order valence-electron chi connectivity index (χ3n) is 3.13. The van der Waals surface area contributed by atoms with Crippen molar-refractivity contribution >= 4 is 7.69 Å². The third kappa shape index (κ3) is 3.99. The van der Waals surface area contributed by atoms with Crippen molar-refractivity contribution in [3.63, 3.8) is 0 Å². The van der Waals surface area contributed by atoms with Gasteiger partial charge >= 0.3 is 7.69 Å². The smallest absolute Gasteiger partial charge is 0.429 e. The molecule has 0 bridgehead atoms. The lowest BCUT2D eigenvalue weighted by molar-refractivity contribution is -0.0276. The topological polar surface area (TPSA) is 38.7 Å². The average Bonchev–Trinajstić information content (AvgIpc) is 2.04. The summed E-state index contributed by atoms with van der Waals surface area (Å²) in [4.78, 5) is 0. The molecule has 0 aromatic carbocycles. The largest absolute Gasteiger partial charge is 0.485 e. The number of methoxy groups -OCH3 is 1. The Balaban J connectivity index is 4.13. The van der Waals surface area contributed by atoms with Crippen molar-refractivity contribution in [2.24, 2.45) is 5.41 Å². The van der Waals surface area contributed by atoms with E-state index in [0.717, 1.165) is 27.1 Å². The van der Waals surface area contributed by atoms with Crippen LogP contribution < -0.4 is 0 Å². The van der Waals surface area contributed by atoms with Crippen molar-refractivity contribution in [1.82, 2.24) is 0 Å². The summed E-state index contributed by atoms with van der Waals surface area (Å²) in [5.41, 5.74) is -0.361. The SMILES string of the molecule is COCCCC(C)(C)C(C)(C)O[B]O. The van der Waals surface area contributed by atoms with Gasteiger partial charge in [-0.3, -0.25) is 0 Å². The van der Waals surface area contributed by atoms with Gasteiger partial charge in [-0.1, -0.05) is 13.8 Å². The monoisotopic (exact) mass is 201 g/mol. The minimum Gasteiger partial charge on any atom is -0.429 e. The number of hydrogen-bond acceptors (Lipinski definition) is 3. The molecule has 0 aliphatic carbocycles. The fourth-order valence-electron chi connectivity index (χ4n) is 1.25. The lowest BCUT2D eigenvalue weighted by atomic mass is 9.73. The van der Waals surface area contributed by atoms with Gasteiger partial charge in [0.05, 0.1) is 5.60 Å². The molecule has 0 amide bonds. The van der Waals surface area contributed by atoms with Crippen LogP contribution in [0.4, 0.5) is 0 Å². The summed E-state index contributed by atoms with van der Waals surface area (Å²) in [6.45, 7) is 8.99. The normalized spacial score (nSPS) is 13.0. The van der Waals surface area contributed by atoms with Crippen LogP contribution in [0.1, 0.15) is 40.5 Å². The van der Waals surface area contributed by atoms with Crippen molar-refractivity contribution in [2.45, 2.75) is 46.1 Å². The van der Waals surface area contributed by atoms with E-state index in [0.29, 0.717) is 0 Å². The summed E-state index contributed by atoms with van der Waals surface area (Å²) in [5, 5.41) is 8.66. The van der Waals surface area contributed by atoms with Crippen LogP contribution in [0.25, 0.3) is 0 Å². The fourth-order valence-corrected chi connectivity index (χ4v) is 1.25. The molecule has 0 unspecified atom stereocenters. The summed E-state index contributed by atoms with van der Waals surface area (Å²) < 4.78 is 10.2. The van der Waals surface area contributed by atoms with Crippen molar-refractivity contribution in [3.05, 3.63) is 0 Å². The summed E-state index contributed by atoms with van der Waals surface area (Å²) in [6.07, 6.45) is 2.00. The van der Waals surface area contributed by atoms with Crippen molar-refractivity contribution < 1.29 is 14.4 Å². The van der Waals surface area contributed by atoms with E-state index in [2.05, 4.69) is 13.8 Å². The van der Waals surface area contributed by atoms with Gasteiger partial charge in [0.15, 0.2) is 0 Å². The average molecular weight is 201 g/mol. The van der Waals surface area contributed by atoms with E-state index < -0.39 is 0 Å². The quantitative estimate of drug-likeness (QED) is 0.503. The van der Waals surface area contributed by atoms with Crippen LogP contribution in [0.3, 0.4) is 0 Å². The maximum Gasteiger partial charge on any atom is 0.485 e. The molecule has 0 spiro atoms. The Kier molecular flexibility index (Phi) is 5.71. The standard InChI is InChI=1S/C10H22BO3/c1-9(2,7-6-8-13-5)10(3,4)14-11-12/h12H,6-8H2,1-5H3. The second kappa shape index (κ2) is 5.74. The van der Waals surface area contributed by atoms with Crippen LogP contribution in [-0.4, -0.2) is 32.0 Å².